The van der Waals surface area contributed by atoms with Gasteiger partial charge in [0, 0.05) is 0 Å². The number of nitrogens with one attached hydrogen (secondary N) is 1. The third-order valence-corrected chi connectivity index (χ3v) is 6.47. The Morgan fingerprint density at radius 1 is 1.11 bits per heavy atom. The molecule has 1 aliphatic rings. The van der Waals surface area contributed by atoms with Gasteiger partial charge in [0.15, 0.2) is 6.61 Å². The standard InChI is InChI=1S/C25H26N2O7S/c1-4-31-25(30)22-20(16-5-6-16)13-35-23(22)26-21(28)12-33-24(29)17-7-9-18(10-8-17)32-11-19-14(2)27-34-15(19)3/h7-10,13,16H,4-6,11-12H2,1-3H3,(H,26,28). The Kier molecular flexibility index (Phi) is 7.50. The first-order valence-electron chi connectivity index (χ1n) is 11.3. The predicted octanol–water partition coefficient (Wildman–Crippen LogP) is 4.78. The first kappa shape index (κ1) is 24.5. The molecule has 0 saturated heterocycles. The summed E-state index contributed by atoms with van der Waals surface area (Å²) in [6, 6.07) is 6.41. The van der Waals surface area contributed by atoms with Gasteiger partial charge < -0.3 is 24.1 Å². The molecule has 0 spiro atoms. The van der Waals surface area contributed by atoms with Gasteiger partial charge in [-0.15, -0.1) is 11.3 Å². The smallest absolute Gasteiger partial charge is 0.341 e. The quantitative estimate of drug-likeness (QED) is 0.397. The van der Waals surface area contributed by atoms with Crippen LogP contribution >= 0.6 is 11.3 Å². The molecule has 0 unspecified atom stereocenters. The summed E-state index contributed by atoms with van der Waals surface area (Å²) >= 11 is 1.27. The Labute approximate surface area is 206 Å². The fraction of sp³-hybridized carbons (Fsp3) is 0.360. The molecule has 184 valence electrons. The number of anilines is 1. The summed E-state index contributed by atoms with van der Waals surface area (Å²) in [7, 11) is 0. The van der Waals surface area contributed by atoms with Crippen LogP contribution in [0.25, 0.3) is 0 Å². The molecule has 10 heteroatoms. The van der Waals surface area contributed by atoms with Gasteiger partial charge in [0.25, 0.3) is 5.91 Å². The van der Waals surface area contributed by atoms with Crippen molar-refractivity contribution < 1.29 is 33.1 Å². The lowest BCUT2D eigenvalue weighted by atomic mass is 10.1. The van der Waals surface area contributed by atoms with Crippen LogP contribution in [0.4, 0.5) is 5.00 Å². The Morgan fingerprint density at radius 3 is 2.49 bits per heavy atom. The molecule has 1 fully saturated rings. The summed E-state index contributed by atoms with van der Waals surface area (Å²) < 4.78 is 21.1. The van der Waals surface area contributed by atoms with E-state index in [9.17, 15) is 14.4 Å². The number of carbonyl (C=O) groups excluding carboxylic acids is 3. The number of aromatic nitrogens is 1. The van der Waals surface area contributed by atoms with E-state index in [1.807, 2.05) is 19.2 Å². The summed E-state index contributed by atoms with van der Waals surface area (Å²) in [5, 5.41) is 8.85. The molecule has 3 aromatic rings. The number of ether oxygens (including phenoxy) is 3. The van der Waals surface area contributed by atoms with Crippen molar-refractivity contribution in [3.63, 3.8) is 0 Å². The van der Waals surface area contributed by atoms with E-state index in [0.29, 0.717) is 34.6 Å². The summed E-state index contributed by atoms with van der Waals surface area (Å²) in [5.41, 5.74) is 3.22. The maximum Gasteiger partial charge on any atom is 0.341 e. The fourth-order valence-electron chi connectivity index (χ4n) is 3.50. The van der Waals surface area contributed by atoms with E-state index < -0.39 is 24.5 Å². The Bertz CT molecular complexity index is 1210. The van der Waals surface area contributed by atoms with Gasteiger partial charge in [0.2, 0.25) is 0 Å². The average molecular weight is 499 g/mol. The molecule has 1 amide bonds. The molecule has 2 heterocycles. The molecule has 2 aromatic heterocycles. The molecule has 0 bridgehead atoms. The summed E-state index contributed by atoms with van der Waals surface area (Å²) in [6.45, 7) is 5.44. The van der Waals surface area contributed by atoms with E-state index in [1.54, 1.807) is 31.2 Å². The largest absolute Gasteiger partial charge is 0.489 e. The van der Waals surface area contributed by atoms with Gasteiger partial charge in [0.05, 0.1) is 29.0 Å². The maximum absolute atomic E-state index is 12.4. The highest BCUT2D eigenvalue weighted by molar-refractivity contribution is 7.15. The number of esters is 2. The molecule has 35 heavy (non-hydrogen) atoms. The van der Waals surface area contributed by atoms with Crippen LogP contribution in [0.5, 0.6) is 5.75 Å². The van der Waals surface area contributed by atoms with Gasteiger partial charge in [-0.1, -0.05) is 5.16 Å². The lowest BCUT2D eigenvalue weighted by Gasteiger charge is -2.09. The van der Waals surface area contributed by atoms with Crippen molar-refractivity contribution in [2.24, 2.45) is 0 Å². The van der Waals surface area contributed by atoms with E-state index in [0.717, 1.165) is 29.7 Å². The number of hydrogen-bond donors (Lipinski definition) is 1. The summed E-state index contributed by atoms with van der Waals surface area (Å²) in [5.74, 6) is -0.0536. The van der Waals surface area contributed by atoms with Gasteiger partial charge in [0.1, 0.15) is 23.1 Å². The molecule has 0 radical (unpaired) electrons. The van der Waals surface area contributed by atoms with E-state index in [4.69, 9.17) is 18.7 Å². The first-order chi connectivity index (χ1) is 16.9. The summed E-state index contributed by atoms with van der Waals surface area (Å²) in [6.07, 6.45) is 2.02. The normalized spacial score (nSPS) is 12.8. The Morgan fingerprint density at radius 2 is 1.86 bits per heavy atom. The average Bonchev–Trinajstić information content (AvgIpc) is 3.53. The minimum Gasteiger partial charge on any atom is -0.489 e. The number of amides is 1. The topological polar surface area (TPSA) is 117 Å². The van der Waals surface area contributed by atoms with Crippen molar-refractivity contribution in [2.75, 3.05) is 18.5 Å². The molecular formula is C25H26N2O7S. The second-order valence-electron chi connectivity index (χ2n) is 8.13. The molecular weight excluding hydrogens is 472 g/mol. The maximum atomic E-state index is 12.4. The third kappa shape index (κ3) is 5.89. The highest BCUT2D eigenvalue weighted by atomic mass is 32.1. The van der Waals surface area contributed by atoms with Crippen molar-refractivity contribution in [2.45, 2.75) is 46.1 Å². The Hall–Kier alpha value is -3.66. The molecule has 1 saturated carbocycles. The monoisotopic (exact) mass is 498 g/mol. The number of rotatable bonds is 10. The number of benzene rings is 1. The van der Waals surface area contributed by atoms with Gasteiger partial charge >= 0.3 is 11.9 Å². The van der Waals surface area contributed by atoms with Crippen LogP contribution in [-0.4, -0.2) is 36.2 Å². The fourth-order valence-corrected chi connectivity index (χ4v) is 4.55. The zero-order valence-corrected chi connectivity index (χ0v) is 20.5. The second kappa shape index (κ2) is 10.7. The van der Waals surface area contributed by atoms with Crippen LogP contribution in [-0.2, 0) is 20.9 Å². The molecule has 1 aliphatic carbocycles. The SMILES string of the molecule is CCOC(=O)c1c(C2CC2)csc1NC(=O)COC(=O)c1ccc(OCc2c(C)noc2C)cc1. The molecule has 1 N–H and O–H groups in total. The lowest BCUT2D eigenvalue weighted by molar-refractivity contribution is -0.119. The molecule has 0 aliphatic heterocycles. The molecule has 1 aromatic carbocycles. The third-order valence-electron chi connectivity index (χ3n) is 5.56. The highest BCUT2D eigenvalue weighted by Crippen LogP contribution is 2.46. The van der Waals surface area contributed by atoms with Crippen molar-refractivity contribution >= 4 is 34.2 Å². The minimum atomic E-state index is -0.645. The zero-order chi connectivity index (χ0) is 24.9. The van der Waals surface area contributed by atoms with Gasteiger partial charge in [-0.3, -0.25) is 4.79 Å². The van der Waals surface area contributed by atoms with E-state index in [-0.39, 0.29) is 12.2 Å². The van der Waals surface area contributed by atoms with Crippen LogP contribution in [0.2, 0.25) is 0 Å². The van der Waals surface area contributed by atoms with Crippen LogP contribution in [0.1, 0.15) is 69.0 Å². The Balaban J connectivity index is 1.30. The number of nitrogens with zero attached hydrogens (tertiary/aromatic N) is 1. The molecule has 4 rings (SSSR count). The summed E-state index contributed by atoms with van der Waals surface area (Å²) in [4.78, 5) is 37.2. The number of hydrogen-bond acceptors (Lipinski definition) is 9. The van der Waals surface area contributed by atoms with Crippen molar-refractivity contribution in [3.8, 4) is 5.75 Å². The van der Waals surface area contributed by atoms with Crippen molar-refractivity contribution in [1.82, 2.24) is 5.16 Å². The van der Waals surface area contributed by atoms with Crippen molar-refractivity contribution in [3.05, 3.63) is 63.4 Å². The van der Waals surface area contributed by atoms with Gasteiger partial charge in [-0.2, -0.15) is 0 Å². The predicted molar refractivity (Wildman–Crippen MR) is 128 cm³/mol. The number of carbonyl (C=O) groups is 3. The molecule has 0 atom stereocenters. The van der Waals surface area contributed by atoms with Crippen molar-refractivity contribution in [1.29, 1.82) is 0 Å². The van der Waals surface area contributed by atoms with Crippen LogP contribution in [0.15, 0.2) is 34.2 Å². The number of thiophene rings is 1. The van der Waals surface area contributed by atoms with Crippen LogP contribution < -0.4 is 10.1 Å². The van der Waals surface area contributed by atoms with E-state index >= 15 is 0 Å². The second-order valence-corrected chi connectivity index (χ2v) is 9.01. The van der Waals surface area contributed by atoms with Gasteiger partial charge in [-0.05, 0) is 74.7 Å². The zero-order valence-electron chi connectivity index (χ0n) is 19.7. The lowest BCUT2D eigenvalue weighted by Crippen LogP contribution is -2.22. The molecule has 9 nitrogen and oxygen atoms in total. The minimum absolute atomic E-state index is 0.243. The van der Waals surface area contributed by atoms with Crippen LogP contribution in [0.3, 0.4) is 0 Å². The number of aryl methyl sites for hydroxylation is 2. The van der Waals surface area contributed by atoms with Crippen LogP contribution in [0, 0.1) is 13.8 Å². The first-order valence-corrected chi connectivity index (χ1v) is 12.1. The highest BCUT2D eigenvalue weighted by Gasteiger charge is 2.32. The van der Waals surface area contributed by atoms with E-state index in [2.05, 4.69) is 10.5 Å². The van der Waals surface area contributed by atoms with E-state index in [1.165, 1.54) is 11.3 Å². The van der Waals surface area contributed by atoms with Gasteiger partial charge in [-0.25, -0.2) is 9.59 Å².